The zero-order valence-corrected chi connectivity index (χ0v) is 10.9. The quantitative estimate of drug-likeness (QED) is 0.345. The first-order valence-corrected chi connectivity index (χ1v) is 6.02. The third-order valence-electron chi connectivity index (χ3n) is 2.63. The highest BCUT2D eigenvalue weighted by molar-refractivity contribution is 5.94. The third-order valence-corrected chi connectivity index (χ3v) is 2.63. The van der Waals surface area contributed by atoms with Crippen molar-refractivity contribution in [2.24, 2.45) is 5.84 Å². The second kappa shape index (κ2) is 6.48. The van der Waals surface area contributed by atoms with Gasteiger partial charge in [-0.05, 0) is 23.1 Å². The Labute approximate surface area is 119 Å². The molecule has 1 amide bonds. The highest BCUT2D eigenvalue weighted by atomic mass is 16.6. The standard InChI is InChI=1S/C12H13N5O4/c13-14-12(18)9-2-1-3-10(8-9)21-7-6-16-5-4-11(15-16)17(19)20/h1-5,8H,6-7,13H2,(H,14,18). The van der Waals surface area contributed by atoms with Gasteiger partial charge in [0, 0.05) is 5.56 Å². The fourth-order valence-corrected chi connectivity index (χ4v) is 1.64. The minimum Gasteiger partial charge on any atom is -0.492 e. The van der Waals surface area contributed by atoms with Crippen LogP contribution < -0.4 is 16.0 Å². The van der Waals surface area contributed by atoms with Crippen molar-refractivity contribution in [3.8, 4) is 5.75 Å². The van der Waals surface area contributed by atoms with Crippen molar-refractivity contribution in [1.29, 1.82) is 0 Å². The van der Waals surface area contributed by atoms with Crippen LogP contribution in [0.5, 0.6) is 5.75 Å². The van der Waals surface area contributed by atoms with Crippen LogP contribution in [0.4, 0.5) is 5.82 Å². The van der Waals surface area contributed by atoms with Gasteiger partial charge in [-0.3, -0.25) is 10.2 Å². The van der Waals surface area contributed by atoms with Crippen molar-refractivity contribution in [2.75, 3.05) is 6.61 Å². The summed E-state index contributed by atoms with van der Waals surface area (Å²) in [5, 5.41) is 14.2. The van der Waals surface area contributed by atoms with Gasteiger partial charge in [0.1, 0.15) is 12.4 Å². The Morgan fingerprint density at radius 3 is 2.95 bits per heavy atom. The van der Waals surface area contributed by atoms with E-state index in [0.717, 1.165) is 0 Å². The normalized spacial score (nSPS) is 10.1. The molecule has 0 aliphatic heterocycles. The number of aromatic nitrogens is 2. The van der Waals surface area contributed by atoms with Crippen LogP contribution in [0.25, 0.3) is 0 Å². The lowest BCUT2D eigenvalue weighted by Crippen LogP contribution is -2.29. The number of nitrogen functional groups attached to an aromatic ring is 1. The molecule has 2 rings (SSSR count). The van der Waals surface area contributed by atoms with Crippen LogP contribution in [0.15, 0.2) is 36.5 Å². The number of carbonyl (C=O) groups excluding carboxylic acids is 1. The summed E-state index contributed by atoms with van der Waals surface area (Å²) in [6.07, 6.45) is 1.50. The van der Waals surface area contributed by atoms with Gasteiger partial charge in [-0.1, -0.05) is 6.07 Å². The first-order valence-electron chi connectivity index (χ1n) is 6.02. The van der Waals surface area contributed by atoms with E-state index >= 15 is 0 Å². The minimum absolute atomic E-state index is 0.211. The molecule has 21 heavy (non-hydrogen) atoms. The van der Waals surface area contributed by atoms with E-state index in [-0.39, 0.29) is 12.4 Å². The molecule has 0 fully saturated rings. The summed E-state index contributed by atoms with van der Waals surface area (Å²) in [6, 6.07) is 7.82. The molecule has 0 atom stereocenters. The van der Waals surface area contributed by atoms with Crippen LogP contribution in [0.3, 0.4) is 0 Å². The summed E-state index contributed by atoms with van der Waals surface area (Å²) < 4.78 is 6.87. The summed E-state index contributed by atoms with van der Waals surface area (Å²) in [5.74, 6) is 4.92. The predicted octanol–water partition coefficient (Wildman–Crippen LogP) is 0.474. The average molecular weight is 291 g/mol. The number of amides is 1. The Hall–Kier alpha value is -2.94. The number of hydrogen-bond donors (Lipinski definition) is 2. The van der Waals surface area contributed by atoms with Gasteiger partial charge in [0.2, 0.25) is 0 Å². The molecule has 110 valence electrons. The molecule has 9 heteroatoms. The van der Waals surface area contributed by atoms with Crippen molar-refractivity contribution in [1.82, 2.24) is 15.2 Å². The number of hydrazine groups is 1. The SMILES string of the molecule is NNC(=O)c1cccc(OCCn2ccc([N+](=O)[O-])n2)c1. The number of hydrogen-bond acceptors (Lipinski definition) is 6. The molecule has 3 N–H and O–H groups in total. The summed E-state index contributed by atoms with van der Waals surface area (Å²) in [6.45, 7) is 0.605. The molecular formula is C12H13N5O4. The molecule has 9 nitrogen and oxygen atoms in total. The van der Waals surface area contributed by atoms with Gasteiger partial charge in [-0.15, -0.1) is 0 Å². The van der Waals surface area contributed by atoms with E-state index in [9.17, 15) is 14.9 Å². The summed E-state index contributed by atoms with van der Waals surface area (Å²) in [4.78, 5) is 21.3. The molecule has 0 bridgehead atoms. The van der Waals surface area contributed by atoms with E-state index in [4.69, 9.17) is 10.6 Å². The van der Waals surface area contributed by atoms with Crippen LogP contribution in [0, 0.1) is 10.1 Å². The number of nitro groups is 1. The summed E-state index contributed by atoms with van der Waals surface area (Å²) >= 11 is 0. The Bertz CT molecular complexity index is 655. The Morgan fingerprint density at radius 2 is 2.29 bits per heavy atom. The number of rotatable bonds is 6. The molecule has 2 aromatic rings. The van der Waals surface area contributed by atoms with Gasteiger partial charge in [-0.25, -0.2) is 5.84 Å². The molecule has 1 aromatic carbocycles. The van der Waals surface area contributed by atoms with Gasteiger partial charge in [-0.2, -0.15) is 4.68 Å². The first-order chi connectivity index (χ1) is 10.1. The topological polar surface area (TPSA) is 125 Å². The average Bonchev–Trinajstić information content (AvgIpc) is 2.96. The van der Waals surface area contributed by atoms with Crippen LogP contribution in [-0.4, -0.2) is 27.2 Å². The van der Waals surface area contributed by atoms with Gasteiger partial charge in [0.25, 0.3) is 5.91 Å². The fraction of sp³-hybridized carbons (Fsp3) is 0.167. The molecule has 0 aliphatic carbocycles. The van der Waals surface area contributed by atoms with E-state index in [1.807, 2.05) is 5.43 Å². The highest BCUT2D eigenvalue weighted by Gasteiger charge is 2.10. The minimum atomic E-state index is -0.563. The van der Waals surface area contributed by atoms with Gasteiger partial charge in [0.15, 0.2) is 0 Å². The first kappa shape index (κ1) is 14.5. The Balaban J connectivity index is 1.91. The van der Waals surface area contributed by atoms with E-state index in [1.54, 1.807) is 24.3 Å². The van der Waals surface area contributed by atoms with E-state index in [2.05, 4.69) is 5.10 Å². The molecule has 1 heterocycles. The number of ether oxygens (including phenoxy) is 1. The van der Waals surface area contributed by atoms with Gasteiger partial charge in [0.05, 0.1) is 23.9 Å². The lowest BCUT2D eigenvalue weighted by Gasteiger charge is -2.06. The van der Waals surface area contributed by atoms with Crippen LogP contribution in [-0.2, 0) is 6.54 Å². The lowest BCUT2D eigenvalue weighted by atomic mass is 10.2. The van der Waals surface area contributed by atoms with E-state index in [0.29, 0.717) is 17.9 Å². The summed E-state index contributed by atoms with van der Waals surface area (Å²) in [7, 11) is 0. The number of carbonyl (C=O) groups is 1. The van der Waals surface area contributed by atoms with Crippen molar-refractivity contribution < 1.29 is 14.5 Å². The number of benzene rings is 1. The van der Waals surface area contributed by atoms with E-state index in [1.165, 1.54) is 16.9 Å². The van der Waals surface area contributed by atoms with Crippen LogP contribution in [0.2, 0.25) is 0 Å². The zero-order valence-electron chi connectivity index (χ0n) is 10.9. The number of nitrogens with one attached hydrogen (secondary N) is 1. The van der Waals surface area contributed by atoms with Crippen molar-refractivity contribution >= 4 is 11.7 Å². The smallest absolute Gasteiger partial charge is 0.389 e. The molecule has 0 unspecified atom stereocenters. The van der Waals surface area contributed by atoms with Crippen LogP contribution in [0.1, 0.15) is 10.4 Å². The molecule has 0 saturated carbocycles. The highest BCUT2D eigenvalue weighted by Crippen LogP contribution is 2.13. The van der Waals surface area contributed by atoms with Crippen molar-refractivity contribution in [3.05, 3.63) is 52.2 Å². The predicted molar refractivity (Wildman–Crippen MR) is 72.5 cm³/mol. The number of nitrogens with two attached hydrogens (primary N) is 1. The second-order valence-corrected chi connectivity index (χ2v) is 4.04. The molecule has 0 aliphatic rings. The largest absolute Gasteiger partial charge is 0.492 e. The molecule has 0 spiro atoms. The molecular weight excluding hydrogens is 278 g/mol. The molecule has 0 saturated heterocycles. The van der Waals surface area contributed by atoms with Gasteiger partial charge >= 0.3 is 5.82 Å². The second-order valence-electron chi connectivity index (χ2n) is 4.04. The third kappa shape index (κ3) is 3.76. The molecule has 0 radical (unpaired) electrons. The maximum Gasteiger partial charge on any atom is 0.389 e. The Kier molecular flexibility index (Phi) is 4.46. The fourth-order valence-electron chi connectivity index (χ4n) is 1.64. The maximum absolute atomic E-state index is 11.4. The van der Waals surface area contributed by atoms with Crippen molar-refractivity contribution in [2.45, 2.75) is 6.54 Å². The number of nitrogens with zero attached hydrogens (tertiary/aromatic N) is 3. The summed E-state index contributed by atoms with van der Waals surface area (Å²) in [5.41, 5.74) is 2.41. The Morgan fingerprint density at radius 1 is 1.48 bits per heavy atom. The zero-order chi connectivity index (χ0) is 15.2. The van der Waals surface area contributed by atoms with E-state index < -0.39 is 10.8 Å². The van der Waals surface area contributed by atoms with Crippen LogP contribution >= 0.6 is 0 Å². The monoisotopic (exact) mass is 291 g/mol. The van der Waals surface area contributed by atoms with Gasteiger partial charge < -0.3 is 14.9 Å². The van der Waals surface area contributed by atoms with Crippen molar-refractivity contribution in [3.63, 3.8) is 0 Å². The maximum atomic E-state index is 11.4. The molecule has 1 aromatic heterocycles. The lowest BCUT2D eigenvalue weighted by molar-refractivity contribution is -0.389.